The van der Waals surface area contributed by atoms with E-state index in [4.69, 9.17) is 27.5 Å². The zero-order valence-corrected chi connectivity index (χ0v) is 16.7. The molecule has 0 amide bonds. The molecule has 0 fully saturated rings. The smallest absolute Gasteiger partial charge is 0.354 e. The van der Waals surface area contributed by atoms with E-state index >= 15 is 0 Å². The molecule has 136 valence electrons. The van der Waals surface area contributed by atoms with Crippen molar-refractivity contribution in [2.24, 2.45) is 0 Å². The monoisotopic (exact) mass is 452 g/mol. The van der Waals surface area contributed by atoms with Gasteiger partial charge in [-0.3, -0.25) is 9.59 Å². The molecule has 1 atom stereocenters. The number of carbonyl (C=O) groups is 4. The molecule has 0 rings (SSSR count). The van der Waals surface area contributed by atoms with Crippen LogP contribution in [-0.4, -0.2) is 69.3 Å². The average Bonchev–Trinajstić information content (AvgIpc) is 2.41. The minimum atomic E-state index is -1.31. The van der Waals surface area contributed by atoms with Gasteiger partial charge in [-0.15, -0.1) is 0 Å². The van der Waals surface area contributed by atoms with Gasteiger partial charge in [-0.1, -0.05) is 48.4 Å². The number of thioether (sulfide) groups is 2. The predicted molar refractivity (Wildman–Crippen MR) is 104 cm³/mol. The number of thiol groups is 1. The summed E-state index contributed by atoms with van der Waals surface area (Å²) in [5.41, 5.74) is 0. The topological polar surface area (TPSA) is 152 Å². The molecule has 0 aliphatic rings. The van der Waals surface area contributed by atoms with Crippen molar-refractivity contribution in [3.63, 3.8) is 0 Å². The van der Waals surface area contributed by atoms with Gasteiger partial charge in [-0.05, 0) is 12.2 Å². The van der Waals surface area contributed by atoms with E-state index in [2.05, 4.69) is 24.8 Å². The van der Waals surface area contributed by atoms with Crippen LogP contribution in [0.5, 0.6) is 0 Å². The summed E-state index contributed by atoms with van der Waals surface area (Å²) in [6.07, 6.45) is 0. The molecule has 0 bridgehead atoms. The molecule has 0 aromatic heterocycles. The Bertz CT molecular complexity index is 470. The van der Waals surface area contributed by atoms with Gasteiger partial charge in [0.1, 0.15) is 3.53 Å². The molecule has 0 saturated heterocycles. The Kier molecular flexibility index (Phi) is 15.8. The highest BCUT2D eigenvalue weighted by molar-refractivity contribution is 8.47. The summed E-state index contributed by atoms with van der Waals surface area (Å²) in [6.45, 7) is 0. The second-order valence-electron chi connectivity index (χ2n) is 3.43. The van der Waals surface area contributed by atoms with Crippen LogP contribution in [0, 0.1) is 0 Å². The van der Waals surface area contributed by atoms with Crippen molar-refractivity contribution in [2.45, 2.75) is 0 Å². The van der Waals surface area contributed by atoms with E-state index in [0.717, 1.165) is 23.5 Å². The van der Waals surface area contributed by atoms with Crippen LogP contribution in [0.2, 0.25) is 0 Å². The number of carboxylic acids is 4. The van der Waals surface area contributed by atoms with E-state index < -0.39 is 34.8 Å². The second kappa shape index (κ2) is 14.8. The van der Waals surface area contributed by atoms with Crippen molar-refractivity contribution in [2.75, 3.05) is 23.0 Å². The summed E-state index contributed by atoms with van der Waals surface area (Å²) in [6, 6.07) is 0. The highest BCUT2D eigenvalue weighted by atomic mass is 32.3. The number of carbonyl (C=O) groups excluding carboxylic acids is 1. The maximum absolute atomic E-state index is 10.2. The van der Waals surface area contributed by atoms with Crippen molar-refractivity contribution < 1.29 is 39.6 Å². The molecule has 14 heteroatoms. The van der Waals surface area contributed by atoms with E-state index in [0.29, 0.717) is 3.53 Å². The van der Waals surface area contributed by atoms with Gasteiger partial charge >= 0.3 is 17.9 Å². The molecule has 1 unspecified atom stereocenters. The Labute approximate surface area is 164 Å². The molecule has 24 heavy (non-hydrogen) atoms. The summed E-state index contributed by atoms with van der Waals surface area (Å²) in [4.78, 5) is 40.4. The molecular weight excluding hydrogens is 441 g/mol. The molecular formula is C10H12O8S6. The lowest BCUT2D eigenvalue weighted by atomic mass is 10.8. The van der Waals surface area contributed by atoms with Crippen molar-refractivity contribution in [1.29, 1.82) is 0 Å². The third-order valence-corrected chi connectivity index (χ3v) is 7.29. The fourth-order valence-corrected chi connectivity index (χ4v) is 3.94. The standard InChI is InChI=1S/2C5H6O4S3/c6-3(7)1-12(5(10)11)2-4(8)9;6-3(7)1-11-5(10)12-2-4(8)9/h1-2H2,(H2-,6,7,8,9,10,11);1-2H2,(H,6,7)(H,8,9). The van der Waals surface area contributed by atoms with Crippen LogP contribution < -0.4 is 5.11 Å². The van der Waals surface area contributed by atoms with Crippen LogP contribution in [0.15, 0.2) is 0 Å². The second-order valence-corrected chi connectivity index (χ2v) is 10.3. The van der Waals surface area contributed by atoms with E-state index in [1.54, 1.807) is 0 Å². The largest absolute Gasteiger partial charge is 0.545 e. The number of rotatable bonds is 8. The van der Waals surface area contributed by atoms with Gasteiger partial charge in [-0.2, -0.15) is 0 Å². The van der Waals surface area contributed by atoms with Crippen molar-refractivity contribution in [3.8, 4) is 0 Å². The van der Waals surface area contributed by atoms with Crippen molar-refractivity contribution >= 4 is 102 Å². The third kappa shape index (κ3) is 19.5. The fraction of sp³-hybridized carbons (Fsp3) is 0.400. The van der Waals surface area contributed by atoms with E-state index in [1.165, 1.54) is 0 Å². The van der Waals surface area contributed by atoms with Gasteiger partial charge in [0.15, 0.2) is 5.75 Å². The zero-order valence-electron chi connectivity index (χ0n) is 11.7. The summed E-state index contributed by atoms with van der Waals surface area (Å²) in [5.74, 6) is -5.22. The van der Waals surface area contributed by atoms with E-state index in [1.807, 2.05) is 0 Å². The summed E-state index contributed by atoms with van der Waals surface area (Å²) < 4.78 is 0.460. The molecule has 0 aromatic carbocycles. The first-order chi connectivity index (χ1) is 11.0. The predicted octanol–water partition coefficient (Wildman–Crippen LogP) is -0.439. The minimum absolute atomic E-state index is 0.113. The van der Waals surface area contributed by atoms with Gasteiger partial charge in [0.2, 0.25) is 5.75 Å². The quantitative estimate of drug-likeness (QED) is 0.215. The Morgan fingerprint density at radius 2 is 1.33 bits per heavy atom. The molecule has 0 spiro atoms. The maximum atomic E-state index is 10.2. The van der Waals surface area contributed by atoms with E-state index in [-0.39, 0.29) is 26.5 Å². The number of hydrogen-bond donors (Lipinski definition) is 4. The van der Waals surface area contributed by atoms with Gasteiger partial charge in [0, 0.05) is 0 Å². The Morgan fingerprint density at radius 3 is 1.58 bits per heavy atom. The van der Waals surface area contributed by atoms with Crippen LogP contribution in [-0.2, 0) is 30.1 Å². The summed E-state index contributed by atoms with van der Waals surface area (Å²) in [7, 11) is -1.00. The average molecular weight is 453 g/mol. The van der Waals surface area contributed by atoms with Crippen LogP contribution in [0.3, 0.4) is 0 Å². The highest BCUT2D eigenvalue weighted by Gasteiger charge is 2.26. The molecule has 0 aliphatic heterocycles. The fourth-order valence-electron chi connectivity index (χ4n) is 0.749. The van der Waals surface area contributed by atoms with E-state index in [9.17, 15) is 24.3 Å². The van der Waals surface area contributed by atoms with Crippen molar-refractivity contribution in [3.05, 3.63) is 0 Å². The molecule has 8 nitrogen and oxygen atoms in total. The Morgan fingerprint density at radius 1 is 0.917 bits per heavy atom. The highest BCUT2D eigenvalue weighted by Crippen LogP contribution is 2.16. The van der Waals surface area contributed by atoms with Gasteiger partial charge in [-0.25, -0.2) is 4.79 Å². The zero-order chi connectivity index (χ0) is 19.3. The third-order valence-electron chi connectivity index (χ3n) is 1.46. The number of hydrogen-bond acceptors (Lipinski definition) is 9. The first-order valence-corrected chi connectivity index (χ1v) is 10.3. The van der Waals surface area contributed by atoms with Crippen LogP contribution in [0.1, 0.15) is 0 Å². The number of aliphatic carboxylic acids is 4. The summed E-state index contributed by atoms with van der Waals surface area (Å²) >= 11 is 14.9. The van der Waals surface area contributed by atoms with Crippen molar-refractivity contribution in [1.82, 2.24) is 0 Å². The number of thiocarbonyl (C=S) groups is 2. The lowest BCUT2D eigenvalue weighted by Crippen LogP contribution is -2.35. The molecule has 0 radical (unpaired) electrons. The van der Waals surface area contributed by atoms with Gasteiger partial charge in [0.05, 0.1) is 28.4 Å². The first-order valence-electron chi connectivity index (χ1n) is 5.50. The maximum Gasteiger partial charge on any atom is 0.354 e. The van der Waals surface area contributed by atoms with Crippen LogP contribution in [0.25, 0.3) is 0 Å². The lowest BCUT2D eigenvalue weighted by molar-refractivity contribution is -0.301. The Hall–Kier alpha value is -0.540. The molecule has 3 N–H and O–H groups in total. The van der Waals surface area contributed by atoms with Gasteiger partial charge in [0.25, 0.3) is 3.53 Å². The molecule has 0 saturated carbocycles. The lowest BCUT2D eigenvalue weighted by Gasteiger charge is -2.03. The normalized spacial score (nSPS) is 10.7. The molecule has 0 aromatic rings. The molecule has 0 heterocycles. The van der Waals surface area contributed by atoms with Crippen LogP contribution >= 0.6 is 60.6 Å². The number of carboxylic acid groups (broad SMARTS) is 4. The molecule has 0 aliphatic carbocycles. The minimum Gasteiger partial charge on any atom is -0.545 e. The Balaban J connectivity index is 0. The SMILES string of the molecule is O=C(O)CSC(=S)SCC(=O)O.O=C([O-])C[S+](CC(=O)O)C(=S)S. The van der Waals surface area contributed by atoms with Crippen LogP contribution in [0.4, 0.5) is 0 Å². The first kappa shape index (κ1) is 25.7. The summed E-state index contributed by atoms with van der Waals surface area (Å²) in [5, 5.41) is 34.9. The van der Waals surface area contributed by atoms with Gasteiger partial charge < -0.3 is 25.2 Å².